The lowest BCUT2D eigenvalue weighted by Gasteiger charge is -2.28. The van der Waals surface area contributed by atoms with Gasteiger partial charge in [0, 0.05) is 12.0 Å². The lowest BCUT2D eigenvalue weighted by Crippen LogP contribution is -2.55. The Kier molecular flexibility index (Phi) is 9.66. The van der Waals surface area contributed by atoms with Crippen LogP contribution in [0.4, 0.5) is 4.39 Å². The largest absolute Gasteiger partial charge is 0.491 e. The molecular formula is C29H37FN4O5. The minimum Gasteiger partial charge on any atom is -0.491 e. The van der Waals surface area contributed by atoms with Crippen LogP contribution in [0.3, 0.4) is 0 Å². The smallest absolute Gasteiger partial charge is 0.255 e. The number of carbonyl (C=O) groups is 4. The molecule has 0 aliphatic carbocycles. The van der Waals surface area contributed by atoms with Gasteiger partial charge in [-0.3, -0.25) is 19.2 Å². The van der Waals surface area contributed by atoms with E-state index >= 15 is 0 Å². The van der Waals surface area contributed by atoms with E-state index in [1.807, 2.05) is 13.8 Å². The zero-order chi connectivity index (χ0) is 28.7. The van der Waals surface area contributed by atoms with E-state index in [9.17, 15) is 23.6 Å². The van der Waals surface area contributed by atoms with Crippen molar-refractivity contribution in [3.05, 3.63) is 65.5 Å². The van der Waals surface area contributed by atoms with Gasteiger partial charge in [-0.2, -0.15) is 0 Å². The predicted molar refractivity (Wildman–Crippen MR) is 145 cm³/mol. The summed E-state index contributed by atoms with van der Waals surface area (Å²) in [5, 5.41) is 11.0. The minimum absolute atomic E-state index is 0.0944. The maximum Gasteiger partial charge on any atom is 0.255 e. The number of benzene rings is 2. The number of rotatable bonds is 5. The first-order valence-corrected chi connectivity index (χ1v) is 13.0. The van der Waals surface area contributed by atoms with E-state index in [1.54, 1.807) is 57.2 Å². The monoisotopic (exact) mass is 540 g/mol. The van der Waals surface area contributed by atoms with Crippen molar-refractivity contribution in [3.63, 3.8) is 0 Å². The fourth-order valence-corrected chi connectivity index (χ4v) is 4.20. The number of hydrogen-bond acceptors (Lipinski definition) is 5. The summed E-state index contributed by atoms with van der Waals surface area (Å²) in [4.78, 5) is 52.5. The number of halogens is 1. The van der Waals surface area contributed by atoms with Gasteiger partial charge in [-0.25, -0.2) is 4.39 Å². The molecular weight excluding hydrogens is 503 g/mol. The van der Waals surface area contributed by atoms with Crippen molar-refractivity contribution in [1.82, 2.24) is 21.3 Å². The summed E-state index contributed by atoms with van der Waals surface area (Å²) in [5.41, 5.74) is 0.441. The molecule has 1 aliphatic heterocycles. The number of carbonyl (C=O) groups excluding carboxylic acids is 4. The Morgan fingerprint density at radius 2 is 1.72 bits per heavy atom. The van der Waals surface area contributed by atoms with Crippen molar-refractivity contribution < 1.29 is 28.3 Å². The molecule has 4 N–H and O–H groups in total. The summed E-state index contributed by atoms with van der Waals surface area (Å²) in [6.45, 7) is 9.40. The van der Waals surface area contributed by atoms with Gasteiger partial charge in [0.1, 0.15) is 30.3 Å². The molecule has 39 heavy (non-hydrogen) atoms. The molecule has 0 unspecified atom stereocenters. The number of ether oxygens (including phenoxy) is 1. The Bertz CT molecular complexity index is 1200. The number of fused-ring (bicyclic) bond motifs is 1. The predicted octanol–water partition coefficient (Wildman–Crippen LogP) is 2.45. The molecule has 0 fully saturated rings. The number of nitrogens with one attached hydrogen (secondary N) is 4. The zero-order valence-electron chi connectivity index (χ0n) is 23.0. The highest BCUT2D eigenvalue weighted by atomic mass is 19.1. The molecule has 9 nitrogen and oxygen atoms in total. The molecule has 2 aromatic rings. The Balaban J connectivity index is 1.86. The number of hydrogen-bond donors (Lipinski definition) is 4. The maximum absolute atomic E-state index is 13.4. The molecule has 4 amide bonds. The van der Waals surface area contributed by atoms with E-state index in [4.69, 9.17) is 4.74 Å². The van der Waals surface area contributed by atoms with E-state index in [1.165, 1.54) is 12.1 Å². The fourth-order valence-electron chi connectivity index (χ4n) is 4.20. The van der Waals surface area contributed by atoms with Crippen molar-refractivity contribution in [2.75, 3.05) is 13.2 Å². The topological polar surface area (TPSA) is 126 Å². The lowest BCUT2D eigenvalue weighted by molar-refractivity contribution is -0.132. The Morgan fingerprint density at radius 1 is 1.05 bits per heavy atom. The molecule has 10 heteroatoms. The number of para-hydroxylation sites is 1. The quantitative estimate of drug-likeness (QED) is 0.464. The van der Waals surface area contributed by atoms with Crippen LogP contribution in [0.5, 0.6) is 5.75 Å². The van der Waals surface area contributed by atoms with Crippen molar-refractivity contribution in [2.24, 2.45) is 5.92 Å². The summed E-state index contributed by atoms with van der Waals surface area (Å²) >= 11 is 0. The molecule has 3 atom stereocenters. The SMILES string of the molecule is CC(C)[C@@H]1NC(=O)C[C@@H](C(=O)NCC(C)(C)c2ccc(F)cc2)NC(=O)c2ccccc2OC[C@@H](C)NC1=O. The molecule has 3 rings (SSSR count). The summed E-state index contributed by atoms with van der Waals surface area (Å²) in [7, 11) is 0. The van der Waals surface area contributed by atoms with Crippen LogP contribution < -0.4 is 26.0 Å². The second-order valence-electron chi connectivity index (χ2n) is 10.8. The highest BCUT2D eigenvalue weighted by Gasteiger charge is 2.31. The van der Waals surface area contributed by atoms with E-state index in [0.29, 0.717) is 0 Å². The highest BCUT2D eigenvalue weighted by molar-refractivity contribution is 6.01. The summed E-state index contributed by atoms with van der Waals surface area (Å²) < 4.78 is 19.2. The van der Waals surface area contributed by atoms with Crippen molar-refractivity contribution in [1.29, 1.82) is 0 Å². The molecule has 210 valence electrons. The van der Waals surface area contributed by atoms with E-state index < -0.39 is 41.3 Å². The van der Waals surface area contributed by atoms with Crippen LogP contribution in [0.15, 0.2) is 48.5 Å². The van der Waals surface area contributed by atoms with Gasteiger partial charge in [0.2, 0.25) is 17.7 Å². The molecule has 0 spiro atoms. The van der Waals surface area contributed by atoms with Gasteiger partial charge in [0.25, 0.3) is 5.91 Å². The third-order valence-corrected chi connectivity index (χ3v) is 6.62. The van der Waals surface area contributed by atoms with Gasteiger partial charge in [0.15, 0.2) is 0 Å². The first-order valence-electron chi connectivity index (χ1n) is 13.0. The fraction of sp³-hybridized carbons (Fsp3) is 0.448. The molecule has 0 bridgehead atoms. The average molecular weight is 541 g/mol. The number of amides is 4. The first kappa shape index (κ1) is 29.6. The average Bonchev–Trinajstić information content (AvgIpc) is 2.88. The van der Waals surface area contributed by atoms with Crippen LogP contribution in [0.1, 0.15) is 57.0 Å². The Hall–Kier alpha value is -3.95. The minimum atomic E-state index is -1.23. The van der Waals surface area contributed by atoms with Crippen molar-refractivity contribution >= 4 is 23.6 Å². The van der Waals surface area contributed by atoms with Gasteiger partial charge in [-0.05, 0) is 42.7 Å². The molecule has 0 radical (unpaired) electrons. The van der Waals surface area contributed by atoms with Crippen molar-refractivity contribution in [3.8, 4) is 5.75 Å². The Morgan fingerprint density at radius 3 is 2.38 bits per heavy atom. The van der Waals surface area contributed by atoms with Gasteiger partial charge in [0.05, 0.1) is 18.0 Å². The van der Waals surface area contributed by atoms with Gasteiger partial charge < -0.3 is 26.0 Å². The molecule has 1 heterocycles. The third kappa shape index (κ3) is 8.02. The van der Waals surface area contributed by atoms with Crippen molar-refractivity contribution in [2.45, 2.75) is 64.6 Å². The second kappa shape index (κ2) is 12.7. The maximum atomic E-state index is 13.4. The standard InChI is InChI=1S/C29H37FN4O5/c1-17(2)25-28(38)32-18(3)15-39-23-9-7-6-8-21(23)26(36)33-22(14-24(35)34-25)27(37)31-16-29(4,5)19-10-12-20(30)13-11-19/h6-13,17-18,22,25H,14-16H2,1-5H3,(H,31,37)(H,32,38)(H,33,36)(H,34,35)/t18-,22+,25+/m1/s1. The molecule has 1 aliphatic rings. The molecule has 2 aromatic carbocycles. The van der Waals surface area contributed by atoms with Crippen LogP contribution in [0.25, 0.3) is 0 Å². The Labute approximate surface area is 228 Å². The molecule has 0 saturated carbocycles. The lowest BCUT2D eigenvalue weighted by atomic mass is 9.84. The molecule has 0 aromatic heterocycles. The zero-order valence-corrected chi connectivity index (χ0v) is 23.0. The molecule has 0 saturated heterocycles. The van der Waals surface area contributed by atoms with E-state index in [0.717, 1.165) is 5.56 Å². The van der Waals surface area contributed by atoms with Crippen LogP contribution in [0, 0.1) is 11.7 Å². The summed E-state index contributed by atoms with van der Waals surface area (Å²) in [6.07, 6.45) is -0.385. The first-order chi connectivity index (χ1) is 18.4. The highest BCUT2D eigenvalue weighted by Crippen LogP contribution is 2.23. The summed E-state index contributed by atoms with van der Waals surface area (Å²) in [6, 6.07) is 10.1. The van der Waals surface area contributed by atoms with E-state index in [2.05, 4.69) is 21.3 Å². The second-order valence-corrected chi connectivity index (χ2v) is 10.8. The van der Waals surface area contributed by atoms with Crippen LogP contribution in [0.2, 0.25) is 0 Å². The van der Waals surface area contributed by atoms with Gasteiger partial charge >= 0.3 is 0 Å². The van der Waals surface area contributed by atoms with Gasteiger partial charge in [-0.1, -0.05) is 52.0 Å². The van der Waals surface area contributed by atoms with Gasteiger partial charge in [-0.15, -0.1) is 0 Å². The van der Waals surface area contributed by atoms with E-state index in [-0.39, 0.29) is 48.5 Å². The normalized spacial score (nSPS) is 21.0. The van der Waals surface area contributed by atoms with Crippen LogP contribution >= 0.6 is 0 Å². The van der Waals surface area contributed by atoms with Crippen LogP contribution in [-0.4, -0.2) is 54.9 Å². The third-order valence-electron chi connectivity index (χ3n) is 6.62. The van der Waals surface area contributed by atoms with Crippen LogP contribution in [-0.2, 0) is 19.8 Å². The summed E-state index contributed by atoms with van der Waals surface area (Å²) in [5.74, 6) is -2.38.